The lowest BCUT2D eigenvalue weighted by Gasteiger charge is -2.21. The normalized spacial score (nSPS) is 15.3. The highest BCUT2D eigenvalue weighted by Crippen LogP contribution is 2.13. The van der Waals surface area contributed by atoms with Gasteiger partial charge in [-0.1, -0.05) is 62.8 Å². The minimum Gasteiger partial charge on any atom is -0.394 e. The molecule has 27 heavy (non-hydrogen) atoms. The molecule has 0 spiro atoms. The van der Waals surface area contributed by atoms with Crippen molar-refractivity contribution in [3.05, 3.63) is 48.6 Å². The van der Waals surface area contributed by atoms with E-state index in [1.807, 2.05) is 39.0 Å². The Hall–Kier alpha value is -1.65. The van der Waals surface area contributed by atoms with Crippen molar-refractivity contribution in [3.8, 4) is 0 Å². The predicted molar refractivity (Wildman–Crippen MR) is 115 cm³/mol. The highest BCUT2D eigenvalue weighted by Gasteiger charge is 2.22. The first-order valence-electron chi connectivity index (χ1n) is 9.79. The van der Waals surface area contributed by atoms with Gasteiger partial charge in [0.15, 0.2) is 0 Å². The molecule has 0 saturated heterocycles. The van der Waals surface area contributed by atoms with E-state index in [0.29, 0.717) is 0 Å². The topological polar surface area (TPSA) is 58.6 Å². The van der Waals surface area contributed by atoms with Crippen LogP contribution in [0, 0.1) is 5.41 Å². The van der Waals surface area contributed by atoms with Gasteiger partial charge in [-0.05, 0) is 39.0 Å². The summed E-state index contributed by atoms with van der Waals surface area (Å²) in [6, 6.07) is -0.327. The summed E-state index contributed by atoms with van der Waals surface area (Å²) in [6.45, 7) is 11.4. The van der Waals surface area contributed by atoms with Crippen LogP contribution in [0.3, 0.4) is 0 Å². The van der Waals surface area contributed by atoms with Gasteiger partial charge in [0.25, 0.3) is 0 Å². The molecule has 0 aliphatic carbocycles. The van der Waals surface area contributed by atoms with Gasteiger partial charge < -0.3 is 15.2 Å². The molecule has 0 aromatic rings. The first-order chi connectivity index (χ1) is 12.7. The number of hydrogen-bond acceptors (Lipinski definition) is 3. The third-order valence-corrected chi connectivity index (χ3v) is 4.20. The lowest BCUT2D eigenvalue weighted by molar-refractivity contribution is -0.129. The van der Waals surface area contributed by atoms with E-state index in [-0.39, 0.29) is 24.7 Å². The lowest BCUT2D eigenvalue weighted by Crippen LogP contribution is -2.42. The second kappa shape index (κ2) is 14.4. The Morgan fingerprint density at radius 3 is 2.48 bits per heavy atom. The minimum absolute atomic E-state index is 0.0597. The predicted octanol–water partition coefficient (Wildman–Crippen LogP) is 4.72. The monoisotopic (exact) mass is 377 g/mol. The molecule has 4 nitrogen and oxygen atoms in total. The smallest absolute Gasteiger partial charge is 0.225 e. The summed E-state index contributed by atoms with van der Waals surface area (Å²) in [7, 11) is 1.75. The molecule has 0 aromatic heterocycles. The molecule has 0 unspecified atom stereocenters. The molecule has 0 fully saturated rings. The van der Waals surface area contributed by atoms with E-state index < -0.39 is 5.41 Å². The highest BCUT2D eigenvalue weighted by molar-refractivity contribution is 5.81. The van der Waals surface area contributed by atoms with Gasteiger partial charge in [-0.25, -0.2) is 0 Å². The zero-order chi connectivity index (χ0) is 20.7. The number of carbonyl (C=O) groups is 1. The second-order valence-corrected chi connectivity index (χ2v) is 7.88. The van der Waals surface area contributed by atoms with Crippen LogP contribution in [0.1, 0.15) is 59.8 Å². The van der Waals surface area contributed by atoms with E-state index in [1.54, 1.807) is 7.11 Å². The average Bonchev–Trinajstić information content (AvgIpc) is 2.62. The van der Waals surface area contributed by atoms with E-state index >= 15 is 0 Å². The van der Waals surface area contributed by atoms with Gasteiger partial charge in [-0.15, -0.1) is 6.58 Å². The first-order valence-corrected chi connectivity index (χ1v) is 9.79. The van der Waals surface area contributed by atoms with E-state index in [0.717, 1.165) is 32.1 Å². The standard InChI is InChI=1S/C23H39NO3/c1-7-13-21(27-6)17-16-19(2)14-11-9-8-10-12-15-20(18-25)24-22(26)23(3,4)5/h7,9,11-12,14-15,20-21,25H,1,8,10,13,16-18H2,2-6H3,(H,24,26)/b11-9+,15-12-,19-14+/t20-,21+/m1/s1. The van der Waals surface area contributed by atoms with Crippen molar-refractivity contribution in [1.29, 1.82) is 0 Å². The molecule has 0 saturated carbocycles. The number of carbonyl (C=O) groups excluding carboxylic acids is 1. The van der Waals surface area contributed by atoms with E-state index in [4.69, 9.17) is 4.74 Å². The number of aliphatic hydroxyl groups is 1. The molecule has 0 radical (unpaired) electrons. The molecule has 0 aliphatic heterocycles. The van der Waals surface area contributed by atoms with Gasteiger partial charge >= 0.3 is 0 Å². The van der Waals surface area contributed by atoms with Crippen LogP contribution in [0.15, 0.2) is 48.6 Å². The molecule has 1 amide bonds. The number of methoxy groups -OCH3 is 1. The SMILES string of the molecule is C=CC[C@@H](CC/C(C)=C/C=C/CC/C=C\[C@H](CO)NC(=O)C(C)(C)C)OC. The molecule has 2 atom stereocenters. The summed E-state index contributed by atoms with van der Waals surface area (Å²) >= 11 is 0. The quantitative estimate of drug-likeness (QED) is 0.277. The Balaban J connectivity index is 4.18. The molecule has 0 heterocycles. The zero-order valence-electron chi connectivity index (χ0n) is 17.8. The fraction of sp³-hybridized carbons (Fsp3) is 0.609. The van der Waals surface area contributed by atoms with E-state index in [1.165, 1.54) is 5.57 Å². The average molecular weight is 378 g/mol. The Labute approximate surface area is 166 Å². The van der Waals surface area contributed by atoms with Crippen molar-refractivity contribution in [2.24, 2.45) is 5.41 Å². The Morgan fingerprint density at radius 2 is 1.93 bits per heavy atom. The maximum Gasteiger partial charge on any atom is 0.225 e. The van der Waals surface area contributed by atoms with Crippen molar-refractivity contribution >= 4 is 5.91 Å². The van der Waals surface area contributed by atoms with Crippen LogP contribution in [0.5, 0.6) is 0 Å². The molecular formula is C23H39NO3. The summed E-state index contributed by atoms with van der Waals surface area (Å²) in [5.74, 6) is -0.0597. The van der Waals surface area contributed by atoms with Crippen molar-refractivity contribution in [2.75, 3.05) is 13.7 Å². The molecular weight excluding hydrogens is 338 g/mol. The van der Waals surface area contributed by atoms with Crippen LogP contribution in [-0.2, 0) is 9.53 Å². The van der Waals surface area contributed by atoms with E-state index in [9.17, 15) is 9.90 Å². The van der Waals surface area contributed by atoms with Crippen LogP contribution in [0.4, 0.5) is 0 Å². The Bertz CT molecular complexity index is 512. The third-order valence-electron chi connectivity index (χ3n) is 4.20. The fourth-order valence-corrected chi connectivity index (χ4v) is 2.31. The second-order valence-electron chi connectivity index (χ2n) is 7.88. The first kappa shape index (κ1) is 25.4. The van der Waals surface area contributed by atoms with Gasteiger partial charge in [-0.3, -0.25) is 4.79 Å². The van der Waals surface area contributed by atoms with Crippen LogP contribution < -0.4 is 5.32 Å². The summed E-state index contributed by atoms with van der Waals surface area (Å²) in [5.41, 5.74) is 0.876. The summed E-state index contributed by atoms with van der Waals surface area (Å²) in [5, 5.41) is 12.2. The largest absolute Gasteiger partial charge is 0.394 e. The maximum absolute atomic E-state index is 11.9. The van der Waals surface area contributed by atoms with Crippen LogP contribution >= 0.6 is 0 Å². The fourth-order valence-electron chi connectivity index (χ4n) is 2.31. The van der Waals surface area contributed by atoms with Gasteiger partial charge in [0.1, 0.15) is 0 Å². The molecule has 0 aliphatic rings. The zero-order valence-corrected chi connectivity index (χ0v) is 17.8. The summed E-state index contributed by atoms with van der Waals surface area (Å²) in [4.78, 5) is 11.9. The van der Waals surface area contributed by atoms with Crippen molar-refractivity contribution in [2.45, 2.75) is 71.9 Å². The van der Waals surface area contributed by atoms with Gasteiger partial charge in [0.2, 0.25) is 5.91 Å². The van der Waals surface area contributed by atoms with Gasteiger partial charge in [0.05, 0.1) is 18.8 Å². The highest BCUT2D eigenvalue weighted by atomic mass is 16.5. The minimum atomic E-state index is -0.455. The number of unbranched alkanes of at least 4 members (excludes halogenated alkanes) is 1. The van der Waals surface area contributed by atoms with Crippen LogP contribution in [-0.4, -0.2) is 36.9 Å². The molecule has 0 rings (SSSR count). The molecule has 2 N–H and O–H groups in total. The summed E-state index contributed by atoms with van der Waals surface area (Å²) in [6.07, 6.45) is 17.1. The van der Waals surface area contributed by atoms with Gasteiger partial charge in [-0.2, -0.15) is 0 Å². The molecule has 154 valence electrons. The number of rotatable bonds is 13. The van der Waals surface area contributed by atoms with Crippen molar-refractivity contribution in [3.63, 3.8) is 0 Å². The van der Waals surface area contributed by atoms with Crippen LogP contribution in [0.2, 0.25) is 0 Å². The number of amides is 1. The number of nitrogens with one attached hydrogen (secondary N) is 1. The van der Waals surface area contributed by atoms with Crippen molar-refractivity contribution in [1.82, 2.24) is 5.32 Å². The third kappa shape index (κ3) is 13.2. The summed E-state index contributed by atoms with van der Waals surface area (Å²) < 4.78 is 5.41. The lowest BCUT2D eigenvalue weighted by atomic mass is 9.95. The number of hydrogen-bond donors (Lipinski definition) is 2. The van der Waals surface area contributed by atoms with Gasteiger partial charge in [0, 0.05) is 12.5 Å². The molecule has 4 heteroatoms. The molecule has 0 aromatic carbocycles. The number of aliphatic hydroxyl groups excluding tert-OH is 1. The van der Waals surface area contributed by atoms with Crippen LogP contribution in [0.25, 0.3) is 0 Å². The molecule has 0 bridgehead atoms. The number of allylic oxidation sites excluding steroid dienone is 5. The van der Waals surface area contributed by atoms with E-state index in [2.05, 4.69) is 37.0 Å². The maximum atomic E-state index is 11.9. The van der Waals surface area contributed by atoms with Crippen molar-refractivity contribution < 1.29 is 14.6 Å². The Kier molecular flexibility index (Phi) is 13.5. The number of ether oxygens (including phenoxy) is 1. The Morgan fingerprint density at radius 1 is 1.26 bits per heavy atom.